The summed E-state index contributed by atoms with van der Waals surface area (Å²) in [4.78, 5) is 24.8. The van der Waals surface area contributed by atoms with Gasteiger partial charge in [0.2, 0.25) is 5.91 Å². The van der Waals surface area contributed by atoms with E-state index >= 15 is 0 Å². The number of hydrogen-bond acceptors (Lipinski definition) is 5. The van der Waals surface area contributed by atoms with Gasteiger partial charge in [-0.1, -0.05) is 0 Å². The van der Waals surface area contributed by atoms with Gasteiger partial charge in [-0.15, -0.1) is 0 Å². The molecule has 2 heterocycles. The van der Waals surface area contributed by atoms with Crippen molar-refractivity contribution in [2.24, 2.45) is 7.05 Å². The molecule has 0 bridgehead atoms. The van der Waals surface area contributed by atoms with Gasteiger partial charge in [-0.2, -0.15) is 10.2 Å². The van der Waals surface area contributed by atoms with Crippen LogP contribution in [0.2, 0.25) is 0 Å². The fourth-order valence-corrected chi connectivity index (χ4v) is 2.60. The molecule has 0 spiro atoms. The Bertz CT molecular complexity index is 748. The third kappa shape index (κ3) is 3.08. The van der Waals surface area contributed by atoms with Gasteiger partial charge in [0.25, 0.3) is 0 Å². The highest BCUT2D eigenvalue weighted by atomic mass is 16.6. The summed E-state index contributed by atoms with van der Waals surface area (Å²) < 4.78 is 3.11. The monoisotopic (exact) mass is 320 g/mol. The second-order valence-corrected chi connectivity index (χ2v) is 5.54. The molecule has 0 aliphatic carbocycles. The number of rotatable bonds is 5. The van der Waals surface area contributed by atoms with Gasteiger partial charge in [-0.3, -0.25) is 24.3 Å². The van der Waals surface area contributed by atoms with E-state index in [9.17, 15) is 14.9 Å². The Labute approximate surface area is 133 Å². The molecule has 0 aliphatic heterocycles. The lowest BCUT2D eigenvalue weighted by atomic mass is 10.2. The molecule has 0 saturated heterocycles. The van der Waals surface area contributed by atoms with E-state index < -0.39 is 11.0 Å². The summed E-state index contributed by atoms with van der Waals surface area (Å²) >= 11 is 0. The van der Waals surface area contributed by atoms with Crippen molar-refractivity contribution < 1.29 is 9.72 Å². The third-order valence-electron chi connectivity index (χ3n) is 3.89. The Balaban J connectivity index is 2.21. The standard InChI is InChI=1S/C14H20N6O3/c1-9-13(20(22)23)10(2)19(16-9)11(3)14(21)17(4)8-12-6-7-15-18(12)5/h6-7,11H,8H2,1-5H3. The minimum atomic E-state index is -0.624. The van der Waals surface area contributed by atoms with E-state index in [4.69, 9.17) is 0 Å². The summed E-state index contributed by atoms with van der Waals surface area (Å²) in [6.45, 7) is 5.26. The lowest BCUT2D eigenvalue weighted by molar-refractivity contribution is -0.386. The molecule has 0 fully saturated rings. The average Bonchev–Trinajstić information content (AvgIpc) is 3.00. The highest BCUT2D eigenvalue weighted by Gasteiger charge is 2.28. The Morgan fingerprint density at radius 3 is 2.61 bits per heavy atom. The highest BCUT2D eigenvalue weighted by Crippen LogP contribution is 2.25. The lowest BCUT2D eigenvalue weighted by Crippen LogP contribution is -2.34. The van der Waals surface area contributed by atoms with Gasteiger partial charge >= 0.3 is 5.69 Å². The van der Waals surface area contributed by atoms with E-state index in [0.717, 1.165) is 5.69 Å². The van der Waals surface area contributed by atoms with Crippen molar-refractivity contribution in [2.45, 2.75) is 33.4 Å². The number of aryl methyl sites for hydroxylation is 2. The van der Waals surface area contributed by atoms with Crippen molar-refractivity contribution in [1.82, 2.24) is 24.5 Å². The number of amides is 1. The van der Waals surface area contributed by atoms with Crippen LogP contribution in [-0.4, -0.2) is 42.3 Å². The molecule has 0 aromatic carbocycles. The van der Waals surface area contributed by atoms with Crippen LogP contribution in [0.4, 0.5) is 5.69 Å². The van der Waals surface area contributed by atoms with Crippen LogP contribution in [0.3, 0.4) is 0 Å². The molecule has 1 unspecified atom stereocenters. The number of nitrogens with zero attached hydrogens (tertiary/aromatic N) is 6. The quantitative estimate of drug-likeness (QED) is 0.612. The maximum absolute atomic E-state index is 12.6. The van der Waals surface area contributed by atoms with Crippen LogP contribution in [0.5, 0.6) is 0 Å². The minimum Gasteiger partial charge on any atom is -0.338 e. The molecule has 1 atom stereocenters. The van der Waals surface area contributed by atoms with Crippen LogP contribution < -0.4 is 0 Å². The number of likely N-dealkylation sites (N-methyl/N-ethyl adjacent to an activating group) is 1. The largest absolute Gasteiger partial charge is 0.338 e. The van der Waals surface area contributed by atoms with E-state index in [0.29, 0.717) is 17.9 Å². The summed E-state index contributed by atoms with van der Waals surface area (Å²) in [6, 6.07) is 1.21. The van der Waals surface area contributed by atoms with Crippen LogP contribution >= 0.6 is 0 Å². The molecule has 1 amide bonds. The van der Waals surface area contributed by atoms with Crippen molar-refractivity contribution in [3.63, 3.8) is 0 Å². The molecule has 9 heteroatoms. The van der Waals surface area contributed by atoms with Gasteiger partial charge in [0.15, 0.2) is 0 Å². The number of carbonyl (C=O) groups is 1. The predicted molar refractivity (Wildman–Crippen MR) is 82.7 cm³/mol. The minimum absolute atomic E-state index is 0.0427. The second-order valence-electron chi connectivity index (χ2n) is 5.54. The maximum Gasteiger partial charge on any atom is 0.312 e. The molecule has 23 heavy (non-hydrogen) atoms. The van der Waals surface area contributed by atoms with Gasteiger partial charge in [0, 0.05) is 20.3 Å². The number of hydrogen-bond donors (Lipinski definition) is 0. The van der Waals surface area contributed by atoms with Crippen LogP contribution in [0, 0.1) is 24.0 Å². The van der Waals surface area contributed by atoms with Crippen molar-refractivity contribution >= 4 is 11.6 Å². The maximum atomic E-state index is 12.6. The van der Waals surface area contributed by atoms with Crippen LogP contribution in [-0.2, 0) is 18.4 Å². The molecular formula is C14H20N6O3. The number of aromatic nitrogens is 4. The summed E-state index contributed by atoms with van der Waals surface area (Å²) in [5.41, 5.74) is 1.54. The van der Waals surface area contributed by atoms with Gasteiger partial charge in [-0.25, -0.2) is 0 Å². The summed E-state index contributed by atoms with van der Waals surface area (Å²) in [7, 11) is 3.49. The van der Waals surface area contributed by atoms with E-state index in [2.05, 4.69) is 10.2 Å². The van der Waals surface area contributed by atoms with Crippen LogP contribution in [0.1, 0.15) is 30.0 Å². The first-order valence-corrected chi connectivity index (χ1v) is 7.16. The van der Waals surface area contributed by atoms with Crippen molar-refractivity contribution in [3.8, 4) is 0 Å². The van der Waals surface area contributed by atoms with Crippen molar-refractivity contribution in [1.29, 1.82) is 0 Å². The predicted octanol–water partition coefficient (Wildman–Crippen LogP) is 1.36. The first kappa shape index (κ1) is 16.7. The average molecular weight is 320 g/mol. The molecule has 124 valence electrons. The van der Waals surface area contributed by atoms with Gasteiger partial charge < -0.3 is 4.90 Å². The number of carbonyl (C=O) groups excluding carboxylic acids is 1. The Morgan fingerprint density at radius 2 is 2.13 bits per heavy atom. The number of nitro groups is 1. The third-order valence-corrected chi connectivity index (χ3v) is 3.89. The molecule has 2 aromatic heterocycles. The molecule has 2 aromatic rings. The first-order valence-electron chi connectivity index (χ1n) is 7.16. The molecule has 0 saturated carbocycles. The fourth-order valence-electron chi connectivity index (χ4n) is 2.60. The van der Waals surface area contributed by atoms with Crippen molar-refractivity contribution in [3.05, 3.63) is 39.5 Å². The Kier molecular flexibility index (Phi) is 4.48. The van der Waals surface area contributed by atoms with Crippen LogP contribution in [0.15, 0.2) is 12.3 Å². The lowest BCUT2D eigenvalue weighted by Gasteiger charge is -2.22. The summed E-state index contributed by atoms with van der Waals surface area (Å²) in [6.07, 6.45) is 1.67. The van der Waals surface area contributed by atoms with E-state index in [1.54, 1.807) is 50.6 Å². The zero-order chi connectivity index (χ0) is 17.3. The normalized spacial score (nSPS) is 12.2. The first-order chi connectivity index (χ1) is 10.7. The van der Waals surface area contributed by atoms with E-state index in [-0.39, 0.29) is 11.6 Å². The highest BCUT2D eigenvalue weighted by molar-refractivity contribution is 5.80. The van der Waals surface area contributed by atoms with E-state index in [1.165, 1.54) is 4.68 Å². The summed E-state index contributed by atoms with van der Waals surface area (Å²) in [5, 5.41) is 19.3. The van der Waals surface area contributed by atoms with E-state index in [1.807, 2.05) is 6.07 Å². The zero-order valence-corrected chi connectivity index (χ0v) is 13.8. The van der Waals surface area contributed by atoms with Crippen molar-refractivity contribution in [2.75, 3.05) is 7.05 Å². The molecule has 0 N–H and O–H groups in total. The summed E-state index contributed by atoms with van der Waals surface area (Å²) in [5.74, 6) is -0.174. The van der Waals surface area contributed by atoms with Crippen LogP contribution in [0.25, 0.3) is 0 Å². The smallest absolute Gasteiger partial charge is 0.312 e. The second kappa shape index (κ2) is 6.19. The molecule has 2 rings (SSSR count). The molecule has 0 radical (unpaired) electrons. The molecule has 9 nitrogen and oxygen atoms in total. The Hall–Kier alpha value is -2.71. The van der Waals surface area contributed by atoms with Gasteiger partial charge in [0.05, 0.1) is 17.2 Å². The fraction of sp³-hybridized carbons (Fsp3) is 0.500. The SMILES string of the molecule is Cc1nn(C(C)C(=O)N(C)Cc2ccnn2C)c(C)c1[N+](=O)[O-]. The topological polar surface area (TPSA) is 99.1 Å². The Morgan fingerprint density at radius 1 is 1.48 bits per heavy atom. The van der Waals surface area contributed by atoms with Gasteiger partial charge in [0.1, 0.15) is 17.4 Å². The zero-order valence-electron chi connectivity index (χ0n) is 13.8. The van der Waals surface area contributed by atoms with Gasteiger partial charge in [-0.05, 0) is 26.8 Å². The molecule has 0 aliphatic rings. The molecular weight excluding hydrogens is 300 g/mol.